The fourth-order valence-corrected chi connectivity index (χ4v) is 5.61. The van der Waals surface area contributed by atoms with Gasteiger partial charge in [-0.05, 0) is 46.0 Å². The quantitative estimate of drug-likeness (QED) is 0.746. The molecule has 4 atom stereocenters. The fraction of sp³-hybridized carbons (Fsp3) is 0.696. The Kier molecular flexibility index (Phi) is 5.81. The minimum atomic E-state index is -0.0982. The van der Waals surface area contributed by atoms with Gasteiger partial charge in [0.15, 0.2) is 5.65 Å². The van der Waals surface area contributed by atoms with Crippen LogP contribution >= 0.6 is 0 Å². The maximum atomic E-state index is 13.6. The number of nitrogens with two attached hydrogens (primary N) is 1. The first kappa shape index (κ1) is 21.6. The van der Waals surface area contributed by atoms with Crippen LogP contribution in [-0.4, -0.2) is 74.7 Å². The van der Waals surface area contributed by atoms with Crippen LogP contribution in [0.15, 0.2) is 12.3 Å². The molecular formula is C23H36N8O. The van der Waals surface area contributed by atoms with Crippen molar-refractivity contribution in [2.75, 3.05) is 31.1 Å². The third-order valence-corrected chi connectivity index (χ3v) is 7.24. The molecule has 9 nitrogen and oxygen atoms in total. The molecule has 0 saturated carbocycles. The highest BCUT2D eigenvalue weighted by Crippen LogP contribution is 2.33. The summed E-state index contributed by atoms with van der Waals surface area (Å²) in [5.74, 6) is 1.22. The lowest BCUT2D eigenvalue weighted by Crippen LogP contribution is -2.50. The molecule has 2 unspecified atom stereocenters. The molecule has 3 saturated heterocycles. The van der Waals surface area contributed by atoms with Gasteiger partial charge >= 0.3 is 0 Å². The van der Waals surface area contributed by atoms with Crippen molar-refractivity contribution in [3.05, 3.63) is 23.5 Å². The van der Waals surface area contributed by atoms with Crippen LogP contribution in [0, 0.1) is 6.92 Å². The van der Waals surface area contributed by atoms with Crippen molar-refractivity contribution in [2.45, 2.75) is 77.0 Å². The molecule has 2 aromatic rings. The second-order valence-corrected chi connectivity index (χ2v) is 9.73. The first-order chi connectivity index (χ1) is 15.4. The molecule has 3 fully saturated rings. The van der Waals surface area contributed by atoms with E-state index < -0.39 is 0 Å². The minimum Gasteiger partial charge on any atom is -0.355 e. The zero-order valence-corrected chi connectivity index (χ0v) is 19.5. The molecule has 5 rings (SSSR count). The third kappa shape index (κ3) is 3.86. The smallest absolute Gasteiger partial charge is 0.241 e. The molecule has 0 radical (unpaired) electrons. The first-order valence-corrected chi connectivity index (χ1v) is 12.1. The molecule has 0 aliphatic carbocycles. The Labute approximate surface area is 189 Å². The van der Waals surface area contributed by atoms with Crippen molar-refractivity contribution >= 4 is 17.4 Å². The maximum absolute atomic E-state index is 13.6. The highest BCUT2D eigenvalue weighted by Gasteiger charge is 2.40. The lowest BCUT2D eigenvalue weighted by atomic mass is 9.97. The van der Waals surface area contributed by atoms with E-state index in [0.717, 1.165) is 81.0 Å². The lowest BCUT2D eigenvalue weighted by molar-refractivity contribution is -0.140. The monoisotopic (exact) mass is 440 g/mol. The number of carbonyl (C=O) groups excluding carboxylic acids is 1. The van der Waals surface area contributed by atoms with Crippen molar-refractivity contribution in [2.24, 2.45) is 5.73 Å². The van der Waals surface area contributed by atoms with E-state index in [1.165, 1.54) is 0 Å². The van der Waals surface area contributed by atoms with Crippen molar-refractivity contribution in [3.8, 4) is 0 Å². The number of nitrogens with one attached hydrogen (secondary N) is 1. The summed E-state index contributed by atoms with van der Waals surface area (Å²) in [7, 11) is 0. The third-order valence-electron chi connectivity index (χ3n) is 7.24. The van der Waals surface area contributed by atoms with Gasteiger partial charge in [-0.3, -0.25) is 10.2 Å². The second-order valence-electron chi connectivity index (χ2n) is 9.73. The van der Waals surface area contributed by atoms with Gasteiger partial charge in [0.05, 0.1) is 11.7 Å². The van der Waals surface area contributed by atoms with Crippen molar-refractivity contribution in [1.29, 1.82) is 0 Å². The standard InChI is InChI=1S/C23H36N8O/c1-4-30-20(11-16(3)26-30)23(32)29-9-6-5-7-19(29)18-12-21-25-22(15(2)13-31(21)27-18)28-10-8-17(24)14-28/h12-13,16-17,19-20,26H,4-11,14,24H2,1-3H3/t16?,17-,19-,20?/m0/s1. The summed E-state index contributed by atoms with van der Waals surface area (Å²) in [6.07, 6.45) is 7.02. The van der Waals surface area contributed by atoms with Gasteiger partial charge in [-0.15, -0.1) is 0 Å². The Morgan fingerprint density at radius 2 is 2.12 bits per heavy atom. The van der Waals surface area contributed by atoms with Crippen LogP contribution in [0.5, 0.6) is 0 Å². The Bertz CT molecular complexity index is 990. The van der Waals surface area contributed by atoms with Gasteiger partial charge in [0.1, 0.15) is 11.9 Å². The number of amides is 1. The number of aryl methyl sites for hydroxylation is 1. The van der Waals surface area contributed by atoms with Crippen LogP contribution in [0.1, 0.15) is 63.3 Å². The van der Waals surface area contributed by atoms with E-state index in [9.17, 15) is 4.79 Å². The zero-order chi connectivity index (χ0) is 22.4. The number of nitrogens with zero attached hydrogens (tertiary/aromatic N) is 6. The number of aromatic nitrogens is 3. The normalized spacial score (nSPS) is 29.4. The van der Waals surface area contributed by atoms with E-state index in [1.54, 1.807) is 0 Å². The summed E-state index contributed by atoms with van der Waals surface area (Å²) in [5.41, 5.74) is 12.4. The van der Waals surface area contributed by atoms with Crippen LogP contribution < -0.4 is 16.1 Å². The number of hydrogen-bond donors (Lipinski definition) is 2. The molecule has 3 aliphatic rings. The summed E-state index contributed by atoms with van der Waals surface area (Å²) in [6.45, 7) is 9.72. The molecule has 0 aromatic carbocycles. The van der Waals surface area contributed by atoms with Crippen LogP contribution in [0.25, 0.3) is 5.65 Å². The molecule has 9 heteroatoms. The van der Waals surface area contributed by atoms with E-state index in [-0.39, 0.29) is 24.0 Å². The number of piperidine rings is 1. The van der Waals surface area contributed by atoms with E-state index in [2.05, 4.69) is 53.3 Å². The van der Waals surface area contributed by atoms with E-state index in [4.69, 9.17) is 15.8 Å². The average molecular weight is 441 g/mol. The summed E-state index contributed by atoms with van der Waals surface area (Å²) >= 11 is 0. The Balaban J connectivity index is 1.43. The summed E-state index contributed by atoms with van der Waals surface area (Å²) in [6, 6.07) is 2.52. The summed E-state index contributed by atoms with van der Waals surface area (Å²) in [4.78, 5) is 22.9. The molecule has 32 heavy (non-hydrogen) atoms. The highest BCUT2D eigenvalue weighted by atomic mass is 16.2. The van der Waals surface area contributed by atoms with Gasteiger partial charge in [-0.2, -0.15) is 5.10 Å². The molecule has 1 amide bonds. The van der Waals surface area contributed by atoms with Crippen LogP contribution in [0.3, 0.4) is 0 Å². The molecule has 3 aliphatic heterocycles. The topological polar surface area (TPSA) is 95.0 Å². The number of fused-ring (bicyclic) bond motifs is 1. The summed E-state index contributed by atoms with van der Waals surface area (Å²) in [5, 5.41) is 6.98. The van der Waals surface area contributed by atoms with Crippen molar-refractivity contribution in [1.82, 2.24) is 29.9 Å². The predicted octanol–water partition coefficient (Wildman–Crippen LogP) is 1.62. The van der Waals surface area contributed by atoms with Crippen molar-refractivity contribution in [3.63, 3.8) is 0 Å². The van der Waals surface area contributed by atoms with Crippen LogP contribution in [-0.2, 0) is 4.79 Å². The van der Waals surface area contributed by atoms with E-state index >= 15 is 0 Å². The van der Waals surface area contributed by atoms with Crippen LogP contribution in [0.4, 0.5) is 5.82 Å². The molecule has 0 bridgehead atoms. The lowest BCUT2D eigenvalue weighted by Gasteiger charge is -2.37. The van der Waals surface area contributed by atoms with Gasteiger partial charge in [0, 0.05) is 56.1 Å². The van der Waals surface area contributed by atoms with Crippen molar-refractivity contribution < 1.29 is 4.79 Å². The molecule has 174 valence electrons. The molecular weight excluding hydrogens is 404 g/mol. The Morgan fingerprint density at radius 1 is 1.28 bits per heavy atom. The van der Waals surface area contributed by atoms with Crippen LogP contribution in [0.2, 0.25) is 0 Å². The van der Waals surface area contributed by atoms with Gasteiger partial charge in [0.2, 0.25) is 5.91 Å². The number of carbonyl (C=O) groups is 1. The molecule has 2 aromatic heterocycles. The van der Waals surface area contributed by atoms with E-state index in [1.807, 2.05) is 4.52 Å². The SMILES string of the molecule is CCN1NC(C)CC1C(=O)N1CCCC[C@H]1c1cc2nc(N3CC[C@H](N)C3)c(C)cn2n1. The molecule has 3 N–H and O–H groups in total. The van der Waals surface area contributed by atoms with Gasteiger partial charge in [-0.25, -0.2) is 14.5 Å². The number of likely N-dealkylation sites (N-methyl/N-ethyl adjacent to an activating group) is 1. The predicted molar refractivity (Wildman–Crippen MR) is 124 cm³/mol. The number of hydrazine groups is 1. The second kappa shape index (κ2) is 8.61. The number of likely N-dealkylation sites (tertiary alicyclic amines) is 1. The average Bonchev–Trinajstić information content (AvgIpc) is 3.50. The number of rotatable bonds is 4. The molecule has 0 spiro atoms. The first-order valence-electron chi connectivity index (χ1n) is 12.1. The van der Waals surface area contributed by atoms with E-state index in [0.29, 0.717) is 6.04 Å². The largest absolute Gasteiger partial charge is 0.355 e. The maximum Gasteiger partial charge on any atom is 0.241 e. The minimum absolute atomic E-state index is 0.0107. The molecule has 5 heterocycles. The summed E-state index contributed by atoms with van der Waals surface area (Å²) < 4.78 is 1.87. The van der Waals surface area contributed by atoms with Gasteiger partial charge < -0.3 is 15.5 Å². The Morgan fingerprint density at radius 3 is 2.88 bits per heavy atom. The number of anilines is 1. The Hall–Kier alpha value is -2.23. The van der Waals surface area contributed by atoms with Gasteiger partial charge in [0.25, 0.3) is 0 Å². The zero-order valence-electron chi connectivity index (χ0n) is 19.5. The van der Waals surface area contributed by atoms with Gasteiger partial charge in [-0.1, -0.05) is 6.92 Å². The fourth-order valence-electron chi connectivity index (χ4n) is 5.61. The highest BCUT2D eigenvalue weighted by molar-refractivity contribution is 5.82. The number of hydrogen-bond acceptors (Lipinski definition) is 7.